The van der Waals surface area contributed by atoms with E-state index in [1.807, 2.05) is 0 Å². The van der Waals surface area contributed by atoms with Gasteiger partial charge in [-0.05, 0) is 12.5 Å². The molecule has 6 nitrogen and oxygen atoms in total. The van der Waals surface area contributed by atoms with E-state index >= 15 is 0 Å². The van der Waals surface area contributed by atoms with Gasteiger partial charge in [-0.15, -0.1) is 0 Å². The van der Waals surface area contributed by atoms with Gasteiger partial charge in [0, 0.05) is 25.2 Å². The van der Waals surface area contributed by atoms with Crippen LogP contribution in [0.3, 0.4) is 0 Å². The minimum atomic E-state index is -0.315. The first-order valence-corrected chi connectivity index (χ1v) is 4.77. The fraction of sp³-hybridized carbons (Fsp3) is 0.444. The van der Waals surface area contributed by atoms with Gasteiger partial charge in [0.15, 0.2) is 0 Å². The zero-order valence-corrected chi connectivity index (χ0v) is 8.14. The summed E-state index contributed by atoms with van der Waals surface area (Å²) in [6.45, 7) is 1.21. The average molecular weight is 208 g/mol. The van der Waals surface area contributed by atoms with Gasteiger partial charge in [-0.1, -0.05) is 0 Å². The van der Waals surface area contributed by atoms with E-state index in [0.29, 0.717) is 13.1 Å². The molecule has 80 valence electrons. The standard InChI is InChI=1S/C9H12N4O2/c10-6-3-4-13(5-6)9(15)7-1-2-8(14)12-11-7/h1-2,6H,3-5,10H2,(H,12,14)/t6-/m0/s1. The maximum atomic E-state index is 11.8. The van der Waals surface area contributed by atoms with E-state index in [2.05, 4.69) is 10.2 Å². The van der Waals surface area contributed by atoms with Crippen molar-refractivity contribution in [1.82, 2.24) is 15.1 Å². The molecule has 1 atom stereocenters. The SMILES string of the molecule is N[C@H]1CCN(C(=O)c2ccc(=O)[nH]n2)C1. The lowest BCUT2D eigenvalue weighted by Crippen LogP contribution is -2.32. The Hall–Kier alpha value is -1.69. The van der Waals surface area contributed by atoms with Crippen molar-refractivity contribution in [3.05, 3.63) is 28.2 Å². The molecule has 0 saturated carbocycles. The topological polar surface area (TPSA) is 92.1 Å². The molecular formula is C9H12N4O2. The van der Waals surface area contributed by atoms with Crippen molar-refractivity contribution in [1.29, 1.82) is 0 Å². The van der Waals surface area contributed by atoms with Crippen LogP contribution in [-0.4, -0.2) is 40.1 Å². The summed E-state index contributed by atoms with van der Waals surface area (Å²) in [5.41, 5.74) is 5.63. The maximum absolute atomic E-state index is 11.8. The summed E-state index contributed by atoms with van der Waals surface area (Å²) in [6.07, 6.45) is 0.815. The molecule has 0 unspecified atom stereocenters. The highest BCUT2D eigenvalue weighted by molar-refractivity contribution is 5.92. The van der Waals surface area contributed by atoms with Crippen molar-refractivity contribution in [3.8, 4) is 0 Å². The van der Waals surface area contributed by atoms with E-state index in [1.54, 1.807) is 4.90 Å². The van der Waals surface area contributed by atoms with Crippen LogP contribution < -0.4 is 11.3 Å². The highest BCUT2D eigenvalue weighted by atomic mass is 16.2. The molecule has 15 heavy (non-hydrogen) atoms. The number of rotatable bonds is 1. The zero-order valence-electron chi connectivity index (χ0n) is 8.14. The lowest BCUT2D eigenvalue weighted by atomic mass is 10.3. The van der Waals surface area contributed by atoms with Gasteiger partial charge in [0.1, 0.15) is 5.69 Å². The Kier molecular flexibility index (Phi) is 2.51. The smallest absolute Gasteiger partial charge is 0.274 e. The third-order valence-electron chi connectivity index (χ3n) is 2.41. The Bertz CT molecular complexity index is 408. The quantitative estimate of drug-likeness (QED) is 0.615. The van der Waals surface area contributed by atoms with Gasteiger partial charge in [0.05, 0.1) is 0 Å². The van der Waals surface area contributed by atoms with Gasteiger partial charge in [-0.2, -0.15) is 5.10 Å². The number of nitrogens with one attached hydrogen (secondary N) is 1. The number of amides is 1. The van der Waals surface area contributed by atoms with Crippen molar-refractivity contribution in [3.63, 3.8) is 0 Å². The number of hydrogen-bond donors (Lipinski definition) is 2. The van der Waals surface area contributed by atoms with Crippen molar-refractivity contribution in [2.75, 3.05) is 13.1 Å². The number of nitrogens with zero attached hydrogens (tertiary/aromatic N) is 2. The molecule has 1 aliphatic heterocycles. The molecule has 1 aliphatic rings. The number of hydrogen-bond acceptors (Lipinski definition) is 4. The maximum Gasteiger partial charge on any atom is 0.274 e. The van der Waals surface area contributed by atoms with Crippen molar-refractivity contribution < 1.29 is 4.79 Å². The van der Waals surface area contributed by atoms with Crippen LogP contribution in [0.4, 0.5) is 0 Å². The first-order valence-electron chi connectivity index (χ1n) is 4.77. The molecule has 0 bridgehead atoms. The third-order valence-corrected chi connectivity index (χ3v) is 2.41. The van der Waals surface area contributed by atoms with E-state index in [9.17, 15) is 9.59 Å². The molecular weight excluding hydrogens is 196 g/mol. The van der Waals surface area contributed by atoms with Gasteiger partial charge in [0.25, 0.3) is 11.5 Å². The molecule has 1 aromatic heterocycles. The minimum Gasteiger partial charge on any atom is -0.336 e. The van der Waals surface area contributed by atoms with E-state index in [1.165, 1.54) is 12.1 Å². The Balaban J connectivity index is 2.14. The molecule has 0 aliphatic carbocycles. The lowest BCUT2D eigenvalue weighted by Gasteiger charge is -2.14. The molecule has 0 aromatic carbocycles. The predicted octanol–water partition coefficient (Wildman–Crippen LogP) is -1.06. The van der Waals surface area contributed by atoms with Crippen LogP contribution in [0, 0.1) is 0 Å². The summed E-state index contributed by atoms with van der Waals surface area (Å²) in [6, 6.07) is 2.76. The summed E-state index contributed by atoms with van der Waals surface area (Å²) < 4.78 is 0. The van der Waals surface area contributed by atoms with Gasteiger partial charge in [-0.3, -0.25) is 9.59 Å². The summed E-state index contributed by atoms with van der Waals surface area (Å²) in [4.78, 5) is 24.2. The van der Waals surface area contributed by atoms with Crippen LogP contribution in [-0.2, 0) is 0 Å². The average Bonchev–Trinajstić information content (AvgIpc) is 2.65. The van der Waals surface area contributed by atoms with E-state index in [4.69, 9.17) is 5.73 Å². The van der Waals surface area contributed by atoms with Crippen molar-refractivity contribution >= 4 is 5.91 Å². The fourth-order valence-electron chi connectivity index (χ4n) is 1.60. The van der Waals surface area contributed by atoms with Crippen LogP contribution in [0.25, 0.3) is 0 Å². The number of carbonyl (C=O) groups is 1. The third kappa shape index (κ3) is 2.04. The van der Waals surface area contributed by atoms with Crippen LogP contribution in [0.1, 0.15) is 16.9 Å². The molecule has 3 N–H and O–H groups in total. The van der Waals surface area contributed by atoms with Crippen molar-refractivity contribution in [2.45, 2.75) is 12.5 Å². The lowest BCUT2D eigenvalue weighted by molar-refractivity contribution is 0.0784. The largest absolute Gasteiger partial charge is 0.336 e. The highest BCUT2D eigenvalue weighted by Crippen LogP contribution is 2.09. The molecule has 2 heterocycles. The summed E-state index contributed by atoms with van der Waals surface area (Å²) >= 11 is 0. The van der Waals surface area contributed by atoms with E-state index in [-0.39, 0.29) is 23.2 Å². The summed E-state index contributed by atoms with van der Waals surface area (Å²) in [5, 5.41) is 5.91. The predicted molar refractivity (Wildman–Crippen MR) is 53.4 cm³/mol. The Morgan fingerprint density at radius 2 is 2.40 bits per heavy atom. The molecule has 2 rings (SSSR count). The number of likely N-dealkylation sites (tertiary alicyclic amines) is 1. The number of nitrogens with two attached hydrogens (primary N) is 1. The molecule has 0 spiro atoms. The Labute approximate surface area is 86.1 Å². The van der Waals surface area contributed by atoms with Crippen LogP contribution >= 0.6 is 0 Å². The van der Waals surface area contributed by atoms with Crippen LogP contribution in [0.15, 0.2) is 16.9 Å². The first kappa shape index (κ1) is 9.85. The molecule has 1 amide bonds. The number of H-pyrrole nitrogens is 1. The summed E-state index contributed by atoms with van der Waals surface area (Å²) in [7, 11) is 0. The van der Waals surface area contributed by atoms with E-state index < -0.39 is 0 Å². The van der Waals surface area contributed by atoms with E-state index in [0.717, 1.165) is 6.42 Å². The second-order valence-electron chi connectivity index (χ2n) is 3.61. The van der Waals surface area contributed by atoms with Gasteiger partial charge in [-0.25, -0.2) is 5.10 Å². The van der Waals surface area contributed by atoms with Gasteiger partial charge >= 0.3 is 0 Å². The second kappa shape index (κ2) is 3.82. The highest BCUT2D eigenvalue weighted by Gasteiger charge is 2.25. The van der Waals surface area contributed by atoms with Crippen LogP contribution in [0.5, 0.6) is 0 Å². The molecule has 1 saturated heterocycles. The monoisotopic (exact) mass is 208 g/mol. The van der Waals surface area contributed by atoms with Crippen molar-refractivity contribution in [2.24, 2.45) is 5.73 Å². The number of aromatic amines is 1. The van der Waals surface area contributed by atoms with Gasteiger partial charge < -0.3 is 10.6 Å². The number of carbonyl (C=O) groups excluding carboxylic acids is 1. The normalized spacial score (nSPS) is 20.6. The second-order valence-corrected chi connectivity index (χ2v) is 3.61. The van der Waals surface area contributed by atoms with Gasteiger partial charge in [0.2, 0.25) is 0 Å². The fourth-order valence-corrected chi connectivity index (χ4v) is 1.60. The summed E-state index contributed by atoms with van der Waals surface area (Å²) in [5.74, 6) is -0.181. The first-order chi connectivity index (χ1) is 7.16. The molecule has 0 radical (unpaired) electrons. The number of aromatic nitrogens is 2. The molecule has 1 aromatic rings. The minimum absolute atomic E-state index is 0.0525. The zero-order chi connectivity index (χ0) is 10.8. The van der Waals surface area contributed by atoms with Crippen LogP contribution in [0.2, 0.25) is 0 Å². The Morgan fingerprint density at radius 1 is 1.60 bits per heavy atom. The molecule has 1 fully saturated rings. The molecule has 6 heteroatoms. The Morgan fingerprint density at radius 3 is 2.93 bits per heavy atom.